The van der Waals surface area contributed by atoms with Crippen molar-refractivity contribution in [3.63, 3.8) is 0 Å². The van der Waals surface area contributed by atoms with Gasteiger partial charge < -0.3 is 4.57 Å². The maximum absolute atomic E-state index is 4.10. The van der Waals surface area contributed by atoms with Gasteiger partial charge in [-0.2, -0.15) is 0 Å². The molecule has 4 nitrogen and oxygen atoms in total. The molecule has 17 heavy (non-hydrogen) atoms. The van der Waals surface area contributed by atoms with Gasteiger partial charge in [0, 0.05) is 26.3 Å². The molecule has 0 aliphatic carbocycles. The first-order valence-corrected chi connectivity index (χ1v) is 6.65. The molecular formula is C13H26N4. The molecule has 0 saturated carbocycles. The van der Waals surface area contributed by atoms with Crippen molar-refractivity contribution in [1.29, 1.82) is 0 Å². The normalized spacial score (nSPS) is 17.1. The molecule has 1 saturated heterocycles. The first kappa shape index (κ1) is 14.2. The topological polar surface area (TPSA) is 33.1 Å². The Morgan fingerprint density at radius 2 is 1.88 bits per heavy atom. The van der Waals surface area contributed by atoms with Crippen molar-refractivity contribution in [3.8, 4) is 0 Å². The fraction of sp³-hybridized carbons (Fsp3) is 0.769. The van der Waals surface area contributed by atoms with E-state index in [1.54, 1.807) is 0 Å². The number of aromatic nitrogens is 2. The van der Waals surface area contributed by atoms with Gasteiger partial charge in [0.1, 0.15) is 0 Å². The molecule has 0 bridgehead atoms. The Hall–Kier alpha value is -0.870. The van der Waals surface area contributed by atoms with Crippen LogP contribution in [-0.2, 0) is 13.5 Å². The van der Waals surface area contributed by atoms with Gasteiger partial charge in [-0.3, -0.25) is 5.43 Å². The van der Waals surface area contributed by atoms with Crippen molar-refractivity contribution >= 4 is 0 Å². The van der Waals surface area contributed by atoms with Gasteiger partial charge in [0.2, 0.25) is 0 Å². The van der Waals surface area contributed by atoms with Crippen LogP contribution in [0, 0.1) is 0 Å². The maximum atomic E-state index is 4.10. The Labute approximate surface area is 105 Å². The number of hydrazine groups is 1. The molecule has 2 heterocycles. The van der Waals surface area contributed by atoms with E-state index in [-0.39, 0.29) is 0 Å². The van der Waals surface area contributed by atoms with E-state index in [0.29, 0.717) is 0 Å². The quantitative estimate of drug-likeness (QED) is 0.855. The lowest BCUT2D eigenvalue weighted by molar-refractivity contribution is 0.217. The van der Waals surface area contributed by atoms with Crippen molar-refractivity contribution in [2.24, 2.45) is 7.05 Å². The van der Waals surface area contributed by atoms with E-state index in [0.717, 1.165) is 12.1 Å². The lowest BCUT2D eigenvalue weighted by Crippen LogP contribution is -2.35. The van der Waals surface area contributed by atoms with Crippen LogP contribution in [0.5, 0.6) is 0 Å². The molecule has 1 aliphatic rings. The third-order valence-electron chi connectivity index (χ3n) is 3.04. The second-order valence-corrected chi connectivity index (χ2v) is 4.51. The van der Waals surface area contributed by atoms with E-state index in [1.165, 1.54) is 38.8 Å². The summed E-state index contributed by atoms with van der Waals surface area (Å²) in [7, 11) is 3.98. The molecule has 1 N–H and O–H groups in total. The van der Waals surface area contributed by atoms with E-state index in [1.807, 2.05) is 31.2 Å². The van der Waals surface area contributed by atoms with Gasteiger partial charge in [-0.1, -0.05) is 19.8 Å². The average molecular weight is 238 g/mol. The van der Waals surface area contributed by atoms with Gasteiger partial charge in [0.15, 0.2) is 0 Å². The Kier molecular flexibility index (Phi) is 6.89. The van der Waals surface area contributed by atoms with E-state index in [4.69, 9.17) is 0 Å². The summed E-state index contributed by atoms with van der Waals surface area (Å²) in [6.07, 6.45) is 10.4. The van der Waals surface area contributed by atoms with Crippen LogP contribution in [0.1, 0.15) is 38.3 Å². The number of nitrogens with zero attached hydrogens (tertiary/aromatic N) is 3. The largest absolute Gasteiger partial charge is 0.340 e. The summed E-state index contributed by atoms with van der Waals surface area (Å²) in [6, 6.07) is 0. The Morgan fingerprint density at radius 1 is 1.24 bits per heavy atom. The molecule has 0 unspecified atom stereocenters. The SMILES string of the molecule is CCc1cn(C)cn1.CNN1CCCCCC1. The second-order valence-electron chi connectivity index (χ2n) is 4.51. The second kappa shape index (κ2) is 8.25. The fourth-order valence-electron chi connectivity index (χ4n) is 1.94. The zero-order valence-corrected chi connectivity index (χ0v) is 11.4. The highest BCUT2D eigenvalue weighted by molar-refractivity contribution is 4.94. The smallest absolute Gasteiger partial charge is 0.0946 e. The zero-order valence-electron chi connectivity index (χ0n) is 11.4. The number of aryl methyl sites for hydroxylation is 2. The summed E-state index contributed by atoms with van der Waals surface area (Å²) in [5.41, 5.74) is 4.34. The third kappa shape index (κ3) is 5.84. The van der Waals surface area contributed by atoms with Gasteiger partial charge in [0.05, 0.1) is 12.0 Å². The molecule has 0 atom stereocenters. The minimum absolute atomic E-state index is 1.03. The highest BCUT2D eigenvalue weighted by Gasteiger charge is 2.04. The van der Waals surface area contributed by atoms with Crippen LogP contribution in [0.4, 0.5) is 0 Å². The highest BCUT2D eigenvalue weighted by atomic mass is 15.5. The lowest BCUT2D eigenvalue weighted by Gasteiger charge is -2.17. The molecule has 1 aliphatic heterocycles. The predicted molar refractivity (Wildman–Crippen MR) is 71.7 cm³/mol. The van der Waals surface area contributed by atoms with E-state index in [9.17, 15) is 0 Å². The van der Waals surface area contributed by atoms with Crippen LogP contribution in [-0.4, -0.2) is 34.7 Å². The molecule has 0 spiro atoms. The number of nitrogens with one attached hydrogen (secondary N) is 1. The van der Waals surface area contributed by atoms with Crippen molar-refractivity contribution in [3.05, 3.63) is 18.2 Å². The molecule has 1 aromatic heterocycles. The minimum atomic E-state index is 1.03. The molecule has 1 fully saturated rings. The first-order chi connectivity index (χ1) is 8.26. The fourth-order valence-corrected chi connectivity index (χ4v) is 1.94. The number of rotatable bonds is 2. The molecule has 1 aromatic rings. The van der Waals surface area contributed by atoms with Crippen LogP contribution in [0.2, 0.25) is 0 Å². The summed E-state index contributed by atoms with van der Waals surface area (Å²) >= 11 is 0. The molecular weight excluding hydrogens is 212 g/mol. The summed E-state index contributed by atoms with van der Waals surface area (Å²) < 4.78 is 1.96. The lowest BCUT2D eigenvalue weighted by atomic mass is 10.2. The van der Waals surface area contributed by atoms with Crippen LogP contribution in [0.3, 0.4) is 0 Å². The molecule has 0 amide bonds. The Balaban J connectivity index is 0.000000171. The monoisotopic (exact) mass is 238 g/mol. The molecule has 4 heteroatoms. The van der Waals surface area contributed by atoms with Gasteiger partial charge in [-0.05, 0) is 26.3 Å². The van der Waals surface area contributed by atoms with Gasteiger partial charge in [0.25, 0.3) is 0 Å². The van der Waals surface area contributed by atoms with Crippen molar-refractivity contribution in [2.75, 3.05) is 20.1 Å². The molecule has 98 valence electrons. The van der Waals surface area contributed by atoms with E-state index < -0.39 is 0 Å². The molecule has 0 aromatic carbocycles. The van der Waals surface area contributed by atoms with Gasteiger partial charge in [-0.25, -0.2) is 9.99 Å². The Bertz CT molecular complexity index is 287. The molecule has 0 radical (unpaired) electrons. The highest BCUT2D eigenvalue weighted by Crippen LogP contribution is 2.06. The molecule has 2 rings (SSSR count). The van der Waals surface area contributed by atoms with Gasteiger partial charge >= 0.3 is 0 Å². The van der Waals surface area contributed by atoms with Crippen LogP contribution in [0.15, 0.2) is 12.5 Å². The Morgan fingerprint density at radius 3 is 2.24 bits per heavy atom. The van der Waals surface area contributed by atoms with Crippen LogP contribution in [0.25, 0.3) is 0 Å². The van der Waals surface area contributed by atoms with Crippen molar-refractivity contribution in [2.45, 2.75) is 39.0 Å². The van der Waals surface area contributed by atoms with Crippen LogP contribution >= 0.6 is 0 Å². The maximum Gasteiger partial charge on any atom is 0.0946 e. The van der Waals surface area contributed by atoms with E-state index >= 15 is 0 Å². The van der Waals surface area contributed by atoms with Gasteiger partial charge in [-0.15, -0.1) is 0 Å². The standard InChI is InChI=1S/C7H16N2.C6H10N2/c1-8-9-6-4-2-3-5-7-9;1-3-6-4-8(2)5-7-6/h8H,2-7H2,1H3;4-5H,3H2,1-2H3. The van der Waals surface area contributed by atoms with Crippen molar-refractivity contribution < 1.29 is 0 Å². The minimum Gasteiger partial charge on any atom is -0.340 e. The first-order valence-electron chi connectivity index (χ1n) is 6.65. The van der Waals surface area contributed by atoms with E-state index in [2.05, 4.69) is 22.3 Å². The zero-order chi connectivity index (χ0) is 12.5. The summed E-state index contributed by atoms with van der Waals surface area (Å²) in [4.78, 5) is 4.10. The summed E-state index contributed by atoms with van der Waals surface area (Å²) in [5.74, 6) is 0. The van der Waals surface area contributed by atoms with Crippen molar-refractivity contribution in [1.82, 2.24) is 20.0 Å². The number of hydrogen-bond donors (Lipinski definition) is 1. The number of hydrogen-bond acceptors (Lipinski definition) is 3. The summed E-state index contributed by atoms with van der Waals surface area (Å²) in [5, 5.41) is 2.30. The average Bonchev–Trinajstić information content (AvgIpc) is 2.63. The predicted octanol–water partition coefficient (Wildman–Crippen LogP) is 1.98. The third-order valence-corrected chi connectivity index (χ3v) is 3.04. The summed E-state index contributed by atoms with van der Waals surface area (Å²) in [6.45, 7) is 4.56. The van der Waals surface area contributed by atoms with Crippen LogP contribution < -0.4 is 5.43 Å². The number of imidazole rings is 1.